The molecule has 0 bridgehead atoms. The summed E-state index contributed by atoms with van der Waals surface area (Å²) in [7, 11) is 1.84. The Morgan fingerprint density at radius 3 is 2.61 bits per heavy atom. The summed E-state index contributed by atoms with van der Waals surface area (Å²) in [6.07, 6.45) is 0. The zero-order chi connectivity index (χ0) is 13.1. The largest absolute Gasteiger partial charge is 0.293 e. The van der Waals surface area contributed by atoms with Crippen LogP contribution in [0.5, 0.6) is 0 Å². The van der Waals surface area contributed by atoms with E-state index in [9.17, 15) is 9.18 Å². The summed E-state index contributed by atoms with van der Waals surface area (Å²) in [6.45, 7) is 1.91. The number of thioether (sulfide) groups is 1. The number of carbonyl (C=O) groups excluding carboxylic acids is 1. The molecule has 0 amide bonds. The molecule has 2 rings (SSSR count). The minimum absolute atomic E-state index is 0.0150. The second-order valence-electron chi connectivity index (χ2n) is 3.97. The molecular formula is C13H13FN2OS. The van der Waals surface area contributed by atoms with Crippen LogP contribution in [0, 0.1) is 12.7 Å². The lowest BCUT2D eigenvalue weighted by Gasteiger charge is -2.01. The molecule has 0 spiro atoms. The predicted octanol–water partition coefficient (Wildman–Crippen LogP) is 2.84. The number of rotatable bonds is 4. The number of hydrogen-bond donors (Lipinski definition) is 0. The molecule has 1 aromatic heterocycles. The standard InChI is InChI=1S/C13H13FN2OS/c1-9-7-13(16(2)15-9)18-8-12(17)10-3-5-11(14)6-4-10/h3-7H,8H2,1-2H3. The maximum atomic E-state index is 12.7. The third-order valence-electron chi connectivity index (χ3n) is 2.48. The molecule has 0 aliphatic carbocycles. The fourth-order valence-electron chi connectivity index (χ4n) is 1.58. The van der Waals surface area contributed by atoms with Gasteiger partial charge in [0.2, 0.25) is 0 Å². The average Bonchev–Trinajstić information content (AvgIpc) is 2.66. The highest BCUT2D eigenvalue weighted by Gasteiger charge is 2.09. The molecule has 0 N–H and O–H groups in total. The number of hydrogen-bond acceptors (Lipinski definition) is 3. The Morgan fingerprint density at radius 1 is 1.39 bits per heavy atom. The average molecular weight is 264 g/mol. The van der Waals surface area contributed by atoms with Gasteiger partial charge < -0.3 is 0 Å². The van der Waals surface area contributed by atoms with Crippen LogP contribution in [-0.4, -0.2) is 21.3 Å². The molecule has 0 saturated carbocycles. The van der Waals surface area contributed by atoms with Crippen LogP contribution >= 0.6 is 11.8 Å². The Balaban J connectivity index is 2.00. The zero-order valence-electron chi connectivity index (χ0n) is 10.2. The second kappa shape index (κ2) is 5.35. The van der Waals surface area contributed by atoms with Crippen molar-refractivity contribution in [1.29, 1.82) is 0 Å². The lowest BCUT2D eigenvalue weighted by atomic mass is 10.1. The predicted molar refractivity (Wildman–Crippen MR) is 69.4 cm³/mol. The number of aromatic nitrogens is 2. The lowest BCUT2D eigenvalue weighted by Crippen LogP contribution is -2.03. The first-order chi connectivity index (χ1) is 8.56. The van der Waals surface area contributed by atoms with Crippen LogP contribution in [0.15, 0.2) is 35.4 Å². The van der Waals surface area contributed by atoms with E-state index in [-0.39, 0.29) is 11.6 Å². The van der Waals surface area contributed by atoms with Crippen LogP contribution in [0.2, 0.25) is 0 Å². The van der Waals surface area contributed by atoms with E-state index in [4.69, 9.17) is 0 Å². The first kappa shape index (κ1) is 12.8. The van der Waals surface area contributed by atoms with E-state index in [1.807, 2.05) is 20.0 Å². The van der Waals surface area contributed by atoms with E-state index in [1.54, 1.807) is 4.68 Å². The van der Waals surface area contributed by atoms with Crippen molar-refractivity contribution >= 4 is 17.5 Å². The van der Waals surface area contributed by atoms with Crippen molar-refractivity contribution in [2.45, 2.75) is 11.9 Å². The van der Waals surface area contributed by atoms with Crippen LogP contribution < -0.4 is 0 Å². The number of nitrogens with zero attached hydrogens (tertiary/aromatic N) is 2. The van der Waals surface area contributed by atoms with Gasteiger partial charge in [-0.2, -0.15) is 5.10 Å². The SMILES string of the molecule is Cc1cc(SCC(=O)c2ccc(F)cc2)n(C)n1. The molecule has 5 heteroatoms. The normalized spacial score (nSPS) is 10.6. The van der Waals surface area contributed by atoms with Crippen LogP contribution in [0.3, 0.4) is 0 Å². The van der Waals surface area contributed by atoms with Gasteiger partial charge in [0, 0.05) is 12.6 Å². The van der Waals surface area contributed by atoms with E-state index < -0.39 is 0 Å². The van der Waals surface area contributed by atoms with Crippen molar-refractivity contribution in [1.82, 2.24) is 9.78 Å². The summed E-state index contributed by atoms with van der Waals surface area (Å²) in [5.74, 6) is -0.0229. The fraction of sp³-hybridized carbons (Fsp3) is 0.231. The Bertz CT molecular complexity index is 563. The first-order valence-corrected chi connectivity index (χ1v) is 6.47. The number of ketones is 1. The van der Waals surface area contributed by atoms with Crippen molar-refractivity contribution in [3.05, 3.63) is 47.4 Å². The van der Waals surface area contributed by atoms with Gasteiger partial charge in [0.15, 0.2) is 5.78 Å². The number of halogens is 1. The molecule has 0 fully saturated rings. The summed E-state index contributed by atoms with van der Waals surface area (Å²) in [6, 6.07) is 7.54. The summed E-state index contributed by atoms with van der Waals surface area (Å²) >= 11 is 1.43. The summed E-state index contributed by atoms with van der Waals surface area (Å²) < 4.78 is 14.5. The van der Waals surface area contributed by atoms with Gasteiger partial charge in [-0.3, -0.25) is 9.48 Å². The Labute approximate surface area is 109 Å². The fourth-order valence-corrected chi connectivity index (χ4v) is 2.51. The highest BCUT2D eigenvalue weighted by Crippen LogP contribution is 2.19. The third-order valence-corrected chi connectivity index (χ3v) is 3.56. The molecule has 0 radical (unpaired) electrons. The second-order valence-corrected chi connectivity index (χ2v) is 4.96. The van der Waals surface area contributed by atoms with Crippen molar-refractivity contribution < 1.29 is 9.18 Å². The third kappa shape index (κ3) is 2.98. The molecule has 1 heterocycles. The lowest BCUT2D eigenvalue weighted by molar-refractivity contribution is 0.102. The van der Waals surface area contributed by atoms with Gasteiger partial charge in [0.1, 0.15) is 5.82 Å². The monoisotopic (exact) mass is 264 g/mol. The topological polar surface area (TPSA) is 34.9 Å². The molecule has 0 unspecified atom stereocenters. The van der Waals surface area contributed by atoms with Crippen LogP contribution in [0.4, 0.5) is 4.39 Å². The zero-order valence-corrected chi connectivity index (χ0v) is 11.0. The van der Waals surface area contributed by atoms with E-state index in [0.29, 0.717) is 11.3 Å². The maximum absolute atomic E-state index is 12.7. The van der Waals surface area contributed by atoms with Gasteiger partial charge in [-0.05, 0) is 37.3 Å². The van der Waals surface area contributed by atoms with E-state index in [0.717, 1.165) is 10.7 Å². The van der Waals surface area contributed by atoms with Crippen molar-refractivity contribution in [3.63, 3.8) is 0 Å². The summed E-state index contributed by atoms with van der Waals surface area (Å²) in [4.78, 5) is 11.9. The van der Waals surface area contributed by atoms with Crippen LogP contribution in [0.25, 0.3) is 0 Å². The minimum atomic E-state index is -0.332. The van der Waals surface area contributed by atoms with Gasteiger partial charge in [-0.15, -0.1) is 0 Å². The molecule has 0 aliphatic rings. The van der Waals surface area contributed by atoms with Gasteiger partial charge in [0.05, 0.1) is 16.5 Å². The first-order valence-electron chi connectivity index (χ1n) is 5.48. The maximum Gasteiger partial charge on any atom is 0.173 e. The minimum Gasteiger partial charge on any atom is -0.293 e. The van der Waals surface area contributed by atoms with Crippen LogP contribution in [0.1, 0.15) is 16.1 Å². The molecule has 1 aromatic carbocycles. The number of benzene rings is 1. The van der Waals surface area contributed by atoms with Crippen molar-refractivity contribution in [2.75, 3.05) is 5.75 Å². The summed E-state index contributed by atoms with van der Waals surface area (Å²) in [5, 5.41) is 5.16. The van der Waals surface area contributed by atoms with Gasteiger partial charge in [0.25, 0.3) is 0 Å². The molecule has 0 atom stereocenters. The van der Waals surface area contributed by atoms with E-state index in [1.165, 1.54) is 36.0 Å². The molecule has 18 heavy (non-hydrogen) atoms. The Morgan fingerprint density at radius 2 is 2.06 bits per heavy atom. The molecule has 0 saturated heterocycles. The van der Waals surface area contributed by atoms with Gasteiger partial charge in [-0.25, -0.2) is 4.39 Å². The number of carbonyl (C=O) groups is 1. The Hall–Kier alpha value is -1.62. The van der Waals surface area contributed by atoms with Gasteiger partial charge in [-0.1, -0.05) is 11.8 Å². The number of Topliss-reactive ketones (excluding diaryl/α,β-unsaturated/α-hetero) is 1. The Kier molecular flexibility index (Phi) is 3.81. The van der Waals surface area contributed by atoms with Gasteiger partial charge >= 0.3 is 0 Å². The number of aryl methyl sites for hydroxylation is 2. The van der Waals surface area contributed by atoms with Crippen molar-refractivity contribution in [3.8, 4) is 0 Å². The van der Waals surface area contributed by atoms with E-state index >= 15 is 0 Å². The molecular weight excluding hydrogens is 251 g/mol. The quantitative estimate of drug-likeness (QED) is 0.629. The van der Waals surface area contributed by atoms with E-state index in [2.05, 4.69) is 5.10 Å². The smallest absolute Gasteiger partial charge is 0.173 e. The molecule has 2 aromatic rings. The van der Waals surface area contributed by atoms with Crippen molar-refractivity contribution in [2.24, 2.45) is 7.05 Å². The van der Waals surface area contributed by atoms with Crippen LogP contribution in [-0.2, 0) is 7.05 Å². The highest BCUT2D eigenvalue weighted by atomic mass is 32.2. The molecule has 3 nitrogen and oxygen atoms in total. The highest BCUT2D eigenvalue weighted by molar-refractivity contribution is 7.99. The summed E-state index contributed by atoms with van der Waals surface area (Å²) in [5.41, 5.74) is 1.46. The molecule has 0 aliphatic heterocycles. The molecule has 94 valence electrons.